The van der Waals surface area contributed by atoms with Crippen molar-refractivity contribution in [3.05, 3.63) is 0 Å². The van der Waals surface area contributed by atoms with Crippen molar-refractivity contribution in [3.8, 4) is 0 Å². The molecular formula is C11H24N2O4. The van der Waals surface area contributed by atoms with Gasteiger partial charge in [0.25, 0.3) is 0 Å². The van der Waals surface area contributed by atoms with Crippen molar-refractivity contribution in [2.45, 2.75) is 26.6 Å². The molecule has 0 aromatic heterocycles. The summed E-state index contributed by atoms with van der Waals surface area (Å²) >= 11 is 0. The van der Waals surface area contributed by atoms with Gasteiger partial charge in [-0.25, -0.2) is 0 Å². The second-order valence-corrected chi connectivity index (χ2v) is 3.30. The molecule has 0 heterocycles. The van der Waals surface area contributed by atoms with E-state index in [0.717, 1.165) is 0 Å². The van der Waals surface area contributed by atoms with Gasteiger partial charge in [-0.05, 0) is 13.8 Å². The SMILES string of the molecule is CCOC(CNC(=O)CCOCCN)OCC. The molecule has 0 aromatic carbocycles. The van der Waals surface area contributed by atoms with Crippen LogP contribution in [0, 0.1) is 0 Å². The summed E-state index contributed by atoms with van der Waals surface area (Å²) in [5.41, 5.74) is 5.25. The molecule has 3 N–H and O–H groups in total. The number of nitrogens with two attached hydrogens (primary N) is 1. The van der Waals surface area contributed by atoms with Crippen LogP contribution in [0.3, 0.4) is 0 Å². The topological polar surface area (TPSA) is 82.8 Å². The van der Waals surface area contributed by atoms with Gasteiger partial charge in [0.15, 0.2) is 6.29 Å². The van der Waals surface area contributed by atoms with Crippen molar-refractivity contribution in [1.82, 2.24) is 5.32 Å². The van der Waals surface area contributed by atoms with Crippen LogP contribution in [0.5, 0.6) is 0 Å². The average molecular weight is 248 g/mol. The summed E-state index contributed by atoms with van der Waals surface area (Å²) in [7, 11) is 0. The Hall–Kier alpha value is -0.690. The number of ether oxygens (including phenoxy) is 3. The summed E-state index contributed by atoms with van der Waals surface area (Å²) < 4.78 is 15.7. The van der Waals surface area contributed by atoms with Gasteiger partial charge in [-0.15, -0.1) is 0 Å². The third kappa shape index (κ3) is 10.2. The summed E-state index contributed by atoms with van der Waals surface area (Å²) in [5, 5.41) is 2.73. The molecular weight excluding hydrogens is 224 g/mol. The molecule has 0 saturated carbocycles. The molecule has 0 radical (unpaired) electrons. The first kappa shape index (κ1) is 16.3. The molecule has 17 heavy (non-hydrogen) atoms. The van der Waals surface area contributed by atoms with Crippen LogP contribution in [0.15, 0.2) is 0 Å². The minimum atomic E-state index is -0.376. The first-order chi connectivity index (χ1) is 8.24. The lowest BCUT2D eigenvalue weighted by molar-refractivity contribution is -0.140. The third-order valence-corrected chi connectivity index (χ3v) is 1.91. The number of hydrogen-bond acceptors (Lipinski definition) is 5. The summed E-state index contributed by atoms with van der Waals surface area (Å²) in [4.78, 5) is 11.4. The van der Waals surface area contributed by atoms with Crippen LogP contribution in [-0.2, 0) is 19.0 Å². The van der Waals surface area contributed by atoms with E-state index in [4.69, 9.17) is 19.9 Å². The smallest absolute Gasteiger partial charge is 0.222 e. The molecule has 0 rings (SSSR count). The second-order valence-electron chi connectivity index (χ2n) is 3.30. The number of rotatable bonds is 11. The Bertz CT molecular complexity index is 184. The monoisotopic (exact) mass is 248 g/mol. The predicted molar refractivity (Wildman–Crippen MR) is 64.5 cm³/mol. The number of carbonyl (C=O) groups is 1. The first-order valence-corrected chi connectivity index (χ1v) is 6.02. The molecule has 0 saturated heterocycles. The second kappa shape index (κ2) is 11.8. The number of amides is 1. The van der Waals surface area contributed by atoms with Gasteiger partial charge in [0.1, 0.15) is 0 Å². The molecule has 0 unspecified atom stereocenters. The Kier molecular flexibility index (Phi) is 11.3. The van der Waals surface area contributed by atoms with Gasteiger partial charge in [0.2, 0.25) is 5.91 Å². The molecule has 0 atom stereocenters. The van der Waals surface area contributed by atoms with Crippen LogP contribution >= 0.6 is 0 Å². The largest absolute Gasteiger partial charge is 0.380 e. The van der Waals surface area contributed by atoms with Crippen molar-refractivity contribution in [2.75, 3.05) is 39.5 Å². The highest BCUT2D eigenvalue weighted by molar-refractivity contribution is 5.75. The van der Waals surface area contributed by atoms with E-state index >= 15 is 0 Å². The summed E-state index contributed by atoms with van der Waals surface area (Å²) in [6, 6.07) is 0. The van der Waals surface area contributed by atoms with Crippen LogP contribution in [0.1, 0.15) is 20.3 Å². The van der Waals surface area contributed by atoms with Crippen molar-refractivity contribution >= 4 is 5.91 Å². The van der Waals surface area contributed by atoms with E-state index in [1.807, 2.05) is 13.8 Å². The summed E-state index contributed by atoms with van der Waals surface area (Å²) in [6.45, 7) is 6.57. The standard InChI is InChI=1S/C11H24N2O4/c1-3-16-11(17-4-2)9-13-10(14)5-7-15-8-6-12/h11H,3-9,12H2,1-2H3,(H,13,14). The van der Waals surface area contributed by atoms with Gasteiger partial charge in [-0.2, -0.15) is 0 Å². The lowest BCUT2D eigenvalue weighted by Crippen LogP contribution is -2.35. The first-order valence-electron chi connectivity index (χ1n) is 6.02. The van der Waals surface area contributed by atoms with Crippen LogP contribution in [0.25, 0.3) is 0 Å². The van der Waals surface area contributed by atoms with Crippen molar-refractivity contribution in [3.63, 3.8) is 0 Å². The molecule has 0 fully saturated rings. The van der Waals surface area contributed by atoms with Gasteiger partial charge < -0.3 is 25.3 Å². The average Bonchev–Trinajstić information content (AvgIpc) is 2.32. The van der Waals surface area contributed by atoms with E-state index in [9.17, 15) is 4.79 Å². The van der Waals surface area contributed by atoms with E-state index in [1.54, 1.807) is 0 Å². The Morgan fingerprint density at radius 2 is 1.88 bits per heavy atom. The van der Waals surface area contributed by atoms with Crippen molar-refractivity contribution < 1.29 is 19.0 Å². The van der Waals surface area contributed by atoms with E-state index in [0.29, 0.717) is 45.9 Å². The minimum Gasteiger partial charge on any atom is -0.380 e. The zero-order valence-corrected chi connectivity index (χ0v) is 10.7. The maximum absolute atomic E-state index is 11.4. The van der Waals surface area contributed by atoms with Gasteiger partial charge in [0, 0.05) is 26.2 Å². The number of nitrogens with one attached hydrogen (secondary N) is 1. The molecule has 0 bridgehead atoms. The van der Waals surface area contributed by atoms with E-state index in [-0.39, 0.29) is 12.2 Å². The van der Waals surface area contributed by atoms with Gasteiger partial charge in [-0.3, -0.25) is 4.79 Å². The van der Waals surface area contributed by atoms with Gasteiger partial charge in [0.05, 0.1) is 19.8 Å². The van der Waals surface area contributed by atoms with Crippen LogP contribution in [-0.4, -0.2) is 51.7 Å². The molecule has 0 aliphatic heterocycles. The summed E-state index contributed by atoms with van der Waals surface area (Å²) in [5.74, 6) is -0.0774. The van der Waals surface area contributed by atoms with Gasteiger partial charge >= 0.3 is 0 Å². The van der Waals surface area contributed by atoms with Crippen LogP contribution in [0.2, 0.25) is 0 Å². The minimum absolute atomic E-state index is 0.0774. The van der Waals surface area contributed by atoms with Crippen molar-refractivity contribution in [1.29, 1.82) is 0 Å². The highest BCUT2D eigenvalue weighted by Gasteiger charge is 2.09. The molecule has 0 spiro atoms. The van der Waals surface area contributed by atoms with E-state index in [2.05, 4.69) is 5.32 Å². The lowest BCUT2D eigenvalue weighted by Gasteiger charge is -2.17. The van der Waals surface area contributed by atoms with Crippen LogP contribution < -0.4 is 11.1 Å². The molecule has 6 nitrogen and oxygen atoms in total. The molecule has 0 aliphatic carbocycles. The molecule has 0 aliphatic rings. The summed E-state index contributed by atoms with van der Waals surface area (Å²) in [6.07, 6.45) is -0.0516. The van der Waals surface area contributed by atoms with E-state index < -0.39 is 0 Å². The maximum Gasteiger partial charge on any atom is 0.222 e. The Morgan fingerprint density at radius 3 is 2.41 bits per heavy atom. The Balaban J connectivity index is 3.57. The fourth-order valence-corrected chi connectivity index (χ4v) is 1.17. The molecule has 0 aromatic rings. The molecule has 6 heteroatoms. The van der Waals surface area contributed by atoms with Crippen LogP contribution in [0.4, 0.5) is 0 Å². The highest BCUT2D eigenvalue weighted by atomic mass is 16.7. The Labute approximate surface area is 103 Å². The normalized spacial score (nSPS) is 10.8. The fourth-order valence-electron chi connectivity index (χ4n) is 1.17. The predicted octanol–water partition coefficient (Wildman–Crippen LogP) is -0.133. The fraction of sp³-hybridized carbons (Fsp3) is 0.909. The maximum atomic E-state index is 11.4. The third-order valence-electron chi connectivity index (χ3n) is 1.91. The van der Waals surface area contributed by atoms with Gasteiger partial charge in [-0.1, -0.05) is 0 Å². The lowest BCUT2D eigenvalue weighted by atomic mass is 10.4. The zero-order chi connectivity index (χ0) is 12.9. The van der Waals surface area contributed by atoms with E-state index in [1.165, 1.54) is 0 Å². The highest BCUT2D eigenvalue weighted by Crippen LogP contribution is 1.93. The Morgan fingerprint density at radius 1 is 1.24 bits per heavy atom. The quantitative estimate of drug-likeness (QED) is 0.393. The molecule has 102 valence electrons. The number of carbonyl (C=O) groups excluding carboxylic acids is 1. The zero-order valence-electron chi connectivity index (χ0n) is 10.7. The number of hydrogen-bond donors (Lipinski definition) is 2. The van der Waals surface area contributed by atoms with Crippen molar-refractivity contribution in [2.24, 2.45) is 5.73 Å². The molecule has 1 amide bonds.